The summed E-state index contributed by atoms with van der Waals surface area (Å²) in [7, 11) is -4.00. The molecule has 2 aromatic carbocycles. The zero-order chi connectivity index (χ0) is 14.8. The molecule has 0 aliphatic carbocycles. The first kappa shape index (κ1) is 14.7. The van der Waals surface area contributed by atoms with E-state index in [1.54, 1.807) is 0 Å². The highest BCUT2D eigenvalue weighted by Gasteiger charge is 2.18. The van der Waals surface area contributed by atoms with Crippen molar-refractivity contribution < 1.29 is 12.6 Å². The molecule has 2 aromatic rings. The molecule has 0 spiro atoms. The maximum atomic E-state index is 12.0. The van der Waals surface area contributed by atoms with E-state index in [2.05, 4.69) is 0 Å². The Morgan fingerprint density at radius 3 is 2.25 bits per heavy atom. The number of halogens is 2. The van der Waals surface area contributed by atoms with Crippen molar-refractivity contribution in [2.24, 2.45) is 0 Å². The van der Waals surface area contributed by atoms with Crippen LogP contribution in [0.5, 0.6) is 5.75 Å². The third-order valence-corrected chi connectivity index (χ3v) is 4.16. The van der Waals surface area contributed by atoms with Crippen molar-refractivity contribution in [3.63, 3.8) is 0 Å². The quantitative estimate of drug-likeness (QED) is 0.807. The summed E-state index contributed by atoms with van der Waals surface area (Å²) in [4.78, 5) is -0.0395. The summed E-state index contributed by atoms with van der Waals surface area (Å²) in [5, 5.41) is 9.17. The molecule has 0 saturated carbocycles. The normalized spacial score (nSPS) is 10.8. The molecule has 0 fully saturated rings. The molecule has 0 aliphatic rings. The van der Waals surface area contributed by atoms with Crippen molar-refractivity contribution in [1.29, 1.82) is 5.26 Å². The van der Waals surface area contributed by atoms with Crippen LogP contribution in [0.1, 0.15) is 5.56 Å². The third kappa shape index (κ3) is 3.23. The maximum Gasteiger partial charge on any atom is 0.339 e. The number of rotatable bonds is 3. The van der Waals surface area contributed by atoms with E-state index in [-0.39, 0.29) is 15.7 Å². The number of hydrogen-bond donors (Lipinski definition) is 0. The van der Waals surface area contributed by atoms with Gasteiger partial charge in [-0.3, -0.25) is 0 Å². The predicted octanol–water partition coefficient (Wildman–Crippen LogP) is 3.63. The molecular weight excluding hydrogens is 321 g/mol. The molecule has 0 bridgehead atoms. The molecule has 20 heavy (non-hydrogen) atoms. The van der Waals surface area contributed by atoms with Crippen LogP contribution < -0.4 is 4.18 Å². The predicted molar refractivity (Wildman–Crippen MR) is 75.4 cm³/mol. The summed E-state index contributed by atoms with van der Waals surface area (Å²) < 4.78 is 29.0. The lowest BCUT2D eigenvalue weighted by Crippen LogP contribution is -2.09. The Morgan fingerprint density at radius 2 is 1.70 bits per heavy atom. The second-order valence-corrected chi connectivity index (χ2v) is 6.14. The first-order valence-electron chi connectivity index (χ1n) is 5.32. The van der Waals surface area contributed by atoms with Crippen molar-refractivity contribution in [3.8, 4) is 11.8 Å². The first-order valence-corrected chi connectivity index (χ1v) is 7.48. The Labute approximate surface area is 126 Å². The van der Waals surface area contributed by atoms with Gasteiger partial charge in [0, 0.05) is 5.02 Å². The standard InChI is InChI=1S/C13H7Cl2NO3S/c14-10-2-4-11(5-3-10)20(17,18)19-13-6-1-9(8-16)7-12(13)15/h1-7H. The number of hydrogen-bond acceptors (Lipinski definition) is 4. The number of benzene rings is 2. The summed E-state index contributed by atoms with van der Waals surface area (Å²) >= 11 is 11.6. The number of nitriles is 1. The lowest BCUT2D eigenvalue weighted by Gasteiger charge is -2.08. The third-order valence-electron chi connectivity index (χ3n) is 2.36. The van der Waals surface area contributed by atoms with Gasteiger partial charge in [-0.25, -0.2) is 0 Å². The first-order chi connectivity index (χ1) is 9.42. The van der Waals surface area contributed by atoms with Gasteiger partial charge in [0.15, 0.2) is 5.75 Å². The minimum absolute atomic E-state index is 0.0395. The molecule has 4 nitrogen and oxygen atoms in total. The van der Waals surface area contributed by atoms with E-state index < -0.39 is 10.1 Å². The Bertz CT molecular complexity index is 780. The van der Waals surface area contributed by atoms with Crippen molar-refractivity contribution in [1.82, 2.24) is 0 Å². The van der Waals surface area contributed by atoms with Gasteiger partial charge >= 0.3 is 10.1 Å². The van der Waals surface area contributed by atoms with Crippen molar-refractivity contribution >= 4 is 33.3 Å². The second kappa shape index (κ2) is 5.71. The summed E-state index contributed by atoms with van der Waals surface area (Å²) in [5.74, 6) is -0.0411. The van der Waals surface area contributed by atoms with Crippen LogP contribution in [0.3, 0.4) is 0 Å². The van der Waals surface area contributed by atoms with Crippen LogP contribution in [-0.4, -0.2) is 8.42 Å². The maximum absolute atomic E-state index is 12.0. The van der Waals surface area contributed by atoms with E-state index in [0.29, 0.717) is 10.6 Å². The van der Waals surface area contributed by atoms with E-state index in [4.69, 9.17) is 32.6 Å². The molecule has 0 unspecified atom stereocenters. The number of nitrogens with zero attached hydrogens (tertiary/aromatic N) is 1. The SMILES string of the molecule is N#Cc1ccc(OS(=O)(=O)c2ccc(Cl)cc2)c(Cl)c1. The lowest BCUT2D eigenvalue weighted by atomic mass is 10.2. The van der Waals surface area contributed by atoms with Crippen molar-refractivity contribution in [2.75, 3.05) is 0 Å². The van der Waals surface area contributed by atoms with Gasteiger partial charge in [-0.1, -0.05) is 23.2 Å². The molecule has 102 valence electrons. The fourth-order valence-corrected chi connectivity index (χ4v) is 2.74. The zero-order valence-electron chi connectivity index (χ0n) is 9.88. The topological polar surface area (TPSA) is 67.2 Å². The van der Waals surface area contributed by atoms with Crippen molar-refractivity contribution in [3.05, 3.63) is 58.1 Å². The molecule has 0 aliphatic heterocycles. The van der Waals surface area contributed by atoms with E-state index in [1.807, 2.05) is 6.07 Å². The molecule has 0 saturated heterocycles. The molecule has 0 atom stereocenters. The van der Waals surface area contributed by atoms with Gasteiger partial charge < -0.3 is 4.18 Å². The second-order valence-electron chi connectivity index (χ2n) is 3.75. The van der Waals surface area contributed by atoms with Gasteiger partial charge in [0.05, 0.1) is 16.7 Å². The molecular formula is C13H7Cl2NO3S. The van der Waals surface area contributed by atoms with Gasteiger partial charge in [-0.05, 0) is 42.5 Å². The van der Waals surface area contributed by atoms with Gasteiger partial charge in [-0.2, -0.15) is 13.7 Å². The average molecular weight is 328 g/mol. The van der Waals surface area contributed by atoms with E-state index in [1.165, 1.54) is 42.5 Å². The highest BCUT2D eigenvalue weighted by atomic mass is 35.5. The highest BCUT2D eigenvalue weighted by Crippen LogP contribution is 2.28. The highest BCUT2D eigenvalue weighted by molar-refractivity contribution is 7.87. The summed E-state index contributed by atoms with van der Waals surface area (Å²) in [5.41, 5.74) is 0.311. The fourth-order valence-electron chi connectivity index (χ4n) is 1.41. The molecule has 7 heteroatoms. The molecule has 0 aromatic heterocycles. The fraction of sp³-hybridized carbons (Fsp3) is 0. The Hall–Kier alpha value is -1.74. The largest absolute Gasteiger partial charge is 0.377 e. The van der Waals surface area contributed by atoms with Crippen LogP contribution in [0.15, 0.2) is 47.4 Å². The van der Waals surface area contributed by atoms with E-state index in [9.17, 15) is 8.42 Å². The monoisotopic (exact) mass is 327 g/mol. The van der Waals surface area contributed by atoms with Crippen LogP contribution in [0.4, 0.5) is 0 Å². The van der Waals surface area contributed by atoms with Crippen molar-refractivity contribution in [2.45, 2.75) is 4.90 Å². The molecule has 0 amide bonds. The van der Waals surface area contributed by atoms with Crippen LogP contribution in [0.2, 0.25) is 10.0 Å². The summed E-state index contributed by atoms with van der Waals surface area (Å²) in [6.45, 7) is 0. The molecule has 2 rings (SSSR count). The van der Waals surface area contributed by atoms with Crippen LogP contribution in [-0.2, 0) is 10.1 Å². The Balaban J connectivity index is 2.34. The van der Waals surface area contributed by atoms with Crippen LogP contribution in [0.25, 0.3) is 0 Å². The molecule has 0 radical (unpaired) electrons. The summed E-state index contributed by atoms with van der Waals surface area (Å²) in [6, 6.07) is 11.5. The van der Waals surface area contributed by atoms with Gasteiger partial charge in [0.2, 0.25) is 0 Å². The smallest absolute Gasteiger partial charge is 0.339 e. The van der Waals surface area contributed by atoms with Crippen LogP contribution in [0, 0.1) is 11.3 Å². The molecule has 0 heterocycles. The average Bonchev–Trinajstić information content (AvgIpc) is 2.41. The molecule has 0 N–H and O–H groups in total. The Morgan fingerprint density at radius 1 is 1.05 bits per heavy atom. The Kier molecular flexibility index (Phi) is 4.19. The van der Waals surface area contributed by atoms with E-state index in [0.717, 1.165) is 0 Å². The van der Waals surface area contributed by atoms with E-state index >= 15 is 0 Å². The van der Waals surface area contributed by atoms with Gasteiger partial charge in [0.25, 0.3) is 0 Å². The zero-order valence-corrected chi connectivity index (χ0v) is 12.2. The minimum atomic E-state index is -4.00. The lowest BCUT2D eigenvalue weighted by molar-refractivity contribution is 0.486. The summed E-state index contributed by atoms with van der Waals surface area (Å²) in [6.07, 6.45) is 0. The van der Waals surface area contributed by atoms with Gasteiger partial charge in [0.1, 0.15) is 4.90 Å². The van der Waals surface area contributed by atoms with Crippen LogP contribution >= 0.6 is 23.2 Å². The minimum Gasteiger partial charge on any atom is -0.377 e. The van der Waals surface area contributed by atoms with Gasteiger partial charge in [-0.15, -0.1) is 0 Å².